The van der Waals surface area contributed by atoms with Crippen molar-refractivity contribution < 1.29 is 28.5 Å². The van der Waals surface area contributed by atoms with Gasteiger partial charge in [0, 0.05) is 29.7 Å². The summed E-state index contributed by atoms with van der Waals surface area (Å²) in [6.07, 6.45) is 9.66. The van der Waals surface area contributed by atoms with Crippen LogP contribution in [0.2, 0.25) is 0 Å². The molecule has 2 aromatic rings. The number of unbranched alkanes of at least 4 members (excludes halogenated alkanes) is 7. The van der Waals surface area contributed by atoms with Crippen molar-refractivity contribution in [1.29, 1.82) is 0 Å². The summed E-state index contributed by atoms with van der Waals surface area (Å²) in [6.45, 7) is 3.64. The van der Waals surface area contributed by atoms with Crippen LogP contribution in [0.3, 0.4) is 0 Å². The summed E-state index contributed by atoms with van der Waals surface area (Å²) in [5.74, 6) is 3.52. The highest BCUT2D eigenvalue weighted by Crippen LogP contribution is 2.52. The predicted octanol–water partition coefficient (Wildman–Crippen LogP) is 6.76. The lowest BCUT2D eigenvalue weighted by Gasteiger charge is -2.28. The second-order valence-electron chi connectivity index (χ2n) is 9.29. The number of carbonyl (C=O) groups is 1. The Bertz CT molecular complexity index is 972. The van der Waals surface area contributed by atoms with Crippen LogP contribution >= 0.6 is 0 Å². The van der Waals surface area contributed by atoms with E-state index in [2.05, 4.69) is 12.1 Å². The Kier molecular flexibility index (Phi) is 9.15. The van der Waals surface area contributed by atoms with Crippen LogP contribution < -0.4 is 18.9 Å². The molecule has 0 radical (unpaired) electrons. The van der Waals surface area contributed by atoms with E-state index >= 15 is 0 Å². The van der Waals surface area contributed by atoms with Crippen molar-refractivity contribution in [2.45, 2.75) is 76.7 Å². The van der Waals surface area contributed by atoms with Crippen molar-refractivity contribution in [3.05, 3.63) is 47.5 Å². The van der Waals surface area contributed by atoms with Gasteiger partial charge in [-0.15, -0.1) is 0 Å². The maximum absolute atomic E-state index is 11.3. The van der Waals surface area contributed by atoms with Crippen molar-refractivity contribution in [2.75, 3.05) is 26.9 Å². The second kappa shape index (κ2) is 12.7. The van der Waals surface area contributed by atoms with Gasteiger partial charge in [-0.1, -0.05) is 44.6 Å². The van der Waals surface area contributed by atoms with Crippen LogP contribution in [0.5, 0.6) is 23.0 Å². The molecule has 2 heterocycles. The average Bonchev–Trinajstić information content (AvgIpc) is 3.25. The van der Waals surface area contributed by atoms with Gasteiger partial charge in [0.1, 0.15) is 29.1 Å². The molecule has 0 fully saturated rings. The molecule has 2 atom stereocenters. The van der Waals surface area contributed by atoms with E-state index in [0.717, 1.165) is 47.8 Å². The normalized spacial score (nSPS) is 17.4. The molecule has 4 rings (SSSR count). The SMILES string of the molecule is CCOC(=O)CCCCCCCCCCOc1ccc2c(c1)OC[C@@H]1c3ccc(OC)cc3O[C@H]21. The Morgan fingerprint density at radius 2 is 1.57 bits per heavy atom. The van der Waals surface area contributed by atoms with Gasteiger partial charge in [-0.05, 0) is 38.0 Å². The third-order valence-electron chi connectivity index (χ3n) is 6.80. The molecular formula is C29H38O6. The van der Waals surface area contributed by atoms with Gasteiger partial charge in [0.25, 0.3) is 0 Å². The summed E-state index contributed by atoms with van der Waals surface area (Å²) in [5.41, 5.74) is 2.25. The van der Waals surface area contributed by atoms with E-state index in [1.807, 2.05) is 31.2 Å². The minimum Gasteiger partial charge on any atom is -0.497 e. The Labute approximate surface area is 208 Å². The van der Waals surface area contributed by atoms with Gasteiger partial charge in [0.15, 0.2) is 0 Å². The van der Waals surface area contributed by atoms with Crippen LogP contribution in [0.1, 0.15) is 87.9 Å². The van der Waals surface area contributed by atoms with Gasteiger partial charge < -0.3 is 23.7 Å². The molecule has 190 valence electrons. The van der Waals surface area contributed by atoms with Gasteiger partial charge in [-0.2, -0.15) is 0 Å². The third-order valence-corrected chi connectivity index (χ3v) is 6.80. The molecule has 0 N–H and O–H groups in total. The lowest BCUT2D eigenvalue weighted by molar-refractivity contribution is -0.143. The summed E-state index contributed by atoms with van der Waals surface area (Å²) in [4.78, 5) is 11.3. The summed E-state index contributed by atoms with van der Waals surface area (Å²) >= 11 is 0. The van der Waals surface area contributed by atoms with Crippen molar-refractivity contribution in [3.63, 3.8) is 0 Å². The minimum absolute atomic E-state index is 0.0277. The Morgan fingerprint density at radius 1 is 0.886 bits per heavy atom. The van der Waals surface area contributed by atoms with Crippen LogP contribution in [0.25, 0.3) is 0 Å². The second-order valence-corrected chi connectivity index (χ2v) is 9.29. The molecular weight excluding hydrogens is 444 g/mol. The molecule has 0 unspecified atom stereocenters. The molecule has 2 aliphatic heterocycles. The molecule has 2 aromatic carbocycles. The number of methoxy groups -OCH3 is 1. The number of benzene rings is 2. The summed E-state index contributed by atoms with van der Waals surface area (Å²) in [6, 6.07) is 12.1. The van der Waals surface area contributed by atoms with Gasteiger partial charge in [-0.25, -0.2) is 0 Å². The first-order valence-corrected chi connectivity index (χ1v) is 13.1. The van der Waals surface area contributed by atoms with Gasteiger partial charge in [0.05, 0.1) is 32.8 Å². The Hall–Kier alpha value is -2.89. The van der Waals surface area contributed by atoms with E-state index in [-0.39, 0.29) is 18.0 Å². The fourth-order valence-corrected chi connectivity index (χ4v) is 4.89. The van der Waals surface area contributed by atoms with Crippen molar-refractivity contribution in [1.82, 2.24) is 0 Å². The number of rotatable bonds is 14. The summed E-state index contributed by atoms with van der Waals surface area (Å²) in [5, 5.41) is 0. The lowest BCUT2D eigenvalue weighted by Crippen LogP contribution is -2.23. The van der Waals surface area contributed by atoms with E-state index in [9.17, 15) is 4.79 Å². The highest BCUT2D eigenvalue weighted by Gasteiger charge is 2.40. The molecule has 0 bridgehead atoms. The molecule has 6 nitrogen and oxygen atoms in total. The van der Waals surface area contributed by atoms with Crippen LogP contribution in [-0.4, -0.2) is 32.9 Å². The highest BCUT2D eigenvalue weighted by atomic mass is 16.5. The molecule has 6 heteroatoms. The topological polar surface area (TPSA) is 63.2 Å². The molecule has 0 aromatic heterocycles. The number of hydrogen-bond acceptors (Lipinski definition) is 6. The number of ether oxygens (including phenoxy) is 5. The Balaban J connectivity index is 1.12. The van der Waals surface area contributed by atoms with Crippen LogP contribution in [0, 0.1) is 0 Å². The molecule has 2 aliphatic rings. The standard InChI is InChI=1S/C29H38O6/c1-3-32-28(30)12-10-8-6-4-5-7-9-11-17-33-22-14-16-24-26(19-22)34-20-25-23-15-13-21(31-2)18-27(23)35-29(24)25/h13-16,18-19,25,29H,3-12,17,20H2,1-2H3/t25-,29-/m1/s1. The first kappa shape index (κ1) is 25.2. The van der Waals surface area contributed by atoms with E-state index < -0.39 is 0 Å². The average molecular weight is 483 g/mol. The molecule has 0 aliphatic carbocycles. The smallest absolute Gasteiger partial charge is 0.305 e. The summed E-state index contributed by atoms with van der Waals surface area (Å²) in [7, 11) is 1.67. The number of carbonyl (C=O) groups excluding carboxylic acids is 1. The first-order chi connectivity index (χ1) is 17.2. The molecule has 0 saturated heterocycles. The first-order valence-electron chi connectivity index (χ1n) is 13.1. The van der Waals surface area contributed by atoms with E-state index in [4.69, 9.17) is 23.7 Å². The fraction of sp³-hybridized carbons (Fsp3) is 0.552. The van der Waals surface area contributed by atoms with Crippen molar-refractivity contribution in [3.8, 4) is 23.0 Å². The van der Waals surface area contributed by atoms with E-state index in [1.54, 1.807) is 7.11 Å². The quantitative estimate of drug-likeness (QED) is 0.219. The van der Waals surface area contributed by atoms with Gasteiger partial charge in [-0.3, -0.25) is 4.79 Å². The number of fused-ring (bicyclic) bond motifs is 5. The van der Waals surface area contributed by atoms with E-state index in [0.29, 0.717) is 26.2 Å². The van der Waals surface area contributed by atoms with Crippen LogP contribution in [0.4, 0.5) is 0 Å². The van der Waals surface area contributed by atoms with Gasteiger partial charge in [0.2, 0.25) is 0 Å². The van der Waals surface area contributed by atoms with E-state index in [1.165, 1.54) is 37.7 Å². The minimum atomic E-state index is -0.0688. The Morgan fingerprint density at radius 3 is 2.34 bits per heavy atom. The maximum Gasteiger partial charge on any atom is 0.305 e. The zero-order valence-electron chi connectivity index (χ0n) is 21.1. The highest BCUT2D eigenvalue weighted by molar-refractivity contribution is 5.69. The number of esters is 1. The predicted molar refractivity (Wildman–Crippen MR) is 135 cm³/mol. The zero-order valence-corrected chi connectivity index (χ0v) is 21.1. The van der Waals surface area contributed by atoms with Crippen molar-refractivity contribution >= 4 is 5.97 Å². The largest absolute Gasteiger partial charge is 0.497 e. The summed E-state index contributed by atoms with van der Waals surface area (Å²) < 4.78 is 28.7. The zero-order chi connectivity index (χ0) is 24.5. The fourth-order valence-electron chi connectivity index (χ4n) is 4.89. The van der Waals surface area contributed by atoms with Crippen molar-refractivity contribution in [2.24, 2.45) is 0 Å². The third kappa shape index (κ3) is 6.62. The van der Waals surface area contributed by atoms with Gasteiger partial charge >= 0.3 is 5.97 Å². The number of hydrogen-bond donors (Lipinski definition) is 0. The molecule has 0 spiro atoms. The molecule has 0 saturated carbocycles. The van der Waals surface area contributed by atoms with Crippen LogP contribution in [-0.2, 0) is 9.53 Å². The monoisotopic (exact) mass is 482 g/mol. The maximum atomic E-state index is 11.3. The molecule has 35 heavy (non-hydrogen) atoms. The lowest BCUT2D eigenvalue weighted by atomic mass is 9.89. The molecule has 0 amide bonds. The van der Waals surface area contributed by atoms with Crippen LogP contribution in [0.15, 0.2) is 36.4 Å².